The van der Waals surface area contributed by atoms with E-state index in [1.165, 1.54) is 57.8 Å². The van der Waals surface area contributed by atoms with E-state index < -0.39 is 29.7 Å². The SMILES string of the molecule is CC(C)C.CCCCCCCCCCCCC/C=C/C(O)C(COC(=O)CCC(=O)OC(C)(C)CCO)NC(=O)CCCCCCC. The highest BCUT2D eigenvalue weighted by molar-refractivity contribution is 5.78. The number of nitrogens with one attached hydrogen (secondary N) is 1. The molecule has 0 heterocycles. The molecule has 0 saturated carbocycles. The van der Waals surface area contributed by atoms with Crippen LogP contribution in [0.1, 0.15) is 183 Å². The summed E-state index contributed by atoms with van der Waals surface area (Å²) in [5, 5.41) is 22.7. The van der Waals surface area contributed by atoms with Crippen LogP contribution in [-0.2, 0) is 23.9 Å². The van der Waals surface area contributed by atoms with E-state index in [0.717, 1.165) is 57.3 Å². The summed E-state index contributed by atoms with van der Waals surface area (Å²) < 4.78 is 10.6. The van der Waals surface area contributed by atoms with Crippen LogP contribution in [0.25, 0.3) is 0 Å². The van der Waals surface area contributed by atoms with Crippen molar-refractivity contribution in [2.24, 2.45) is 5.92 Å². The minimum atomic E-state index is -0.992. The molecule has 0 aliphatic rings. The van der Waals surface area contributed by atoms with E-state index in [9.17, 15) is 19.5 Å². The zero-order chi connectivity index (χ0) is 35.8. The molecule has 0 aromatic heterocycles. The van der Waals surface area contributed by atoms with Crippen molar-refractivity contribution in [1.29, 1.82) is 0 Å². The van der Waals surface area contributed by atoms with E-state index >= 15 is 0 Å². The summed E-state index contributed by atoms with van der Waals surface area (Å²) in [7, 11) is 0. The van der Waals surface area contributed by atoms with Gasteiger partial charge in [0.25, 0.3) is 0 Å². The number of amides is 1. The van der Waals surface area contributed by atoms with Crippen molar-refractivity contribution in [3.63, 3.8) is 0 Å². The van der Waals surface area contributed by atoms with Gasteiger partial charge in [-0.15, -0.1) is 0 Å². The standard InChI is InChI=1S/C35H65NO7.C4H10/c1-5-7-9-11-12-13-14-15-16-17-18-20-21-23-31(38)30(36-32(39)24-22-19-10-8-6-2)29-42-33(40)25-26-34(41)43-35(3,4)27-28-37;1-4(2)3/h21,23,30-31,37-38H,5-20,22,24-29H2,1-4H3,(H,36,39);4H,1-3H3/b23-21+;. The molecule has 8 heteroatoms. The molecule has 0 fully saturated rings. The molecule has 0 aliphatic carbocycles. The van der Waals surface area contributed by atoms with Gasteiger partial charge in [-0.25, -0.2) is 0 Å². The van der Waals surface area contributed by atoms with E-state index in [1.54, 1.807) is 19.9 Å². The topological polar surface area (TPSA) is 122 Å². The van der Waals surface area contributed by atoms with Gasteiger partial charge < -0.3 is 25.0 Å². The first-order valence-corrected chi connectivity index (χ1v) is 19.0. The lowest BCUT2D eigenvalue weighted by Gasteiger charge is -2.24. The lowest BCUT2D eigenvalue weighted by atomic mass is 10.0. The molecule has 47 heavy (non-hydrogen) atoms. The Hall–Kier alpha value is -1.93. The van der Waals surface area contributed by atoms with Crippen LogP contribution in [0.2, 0.25) is 0 Å². The van der Waals surface area contributed by atoms with Gasteiger partial charge in [0.1, 0.15) is 12.2 Å². The molecule has 0 saturated heterocycles. The van der Waals surface area contributed by atoms with Crippen LogP contribution in [0.5, 0.6) is 0 Å². The normalized spacial score (nSPS) is 12.8. The van der Waals surface area contributed by atoms with Gasteiger partial charge in [0.2, 0.25) is 5.91 Å². The van der Waals surface area contributed by atoms with Crippen LogP contribution in [-0.4, -0.2) is 59.0 Å². The lowest BCUT2D eigenvalue weighted by Crippen LogP contribution is -2.46. The average molecular weight is 670 g/mol. The van der Waals surface area contributed by atoms with Crippen molar-refractivity contribution in [2.45, 2.75) is 201 Å². The molecular formula is C39H75NO7. The fourth-order valence-corrected chi connectivity index (χ4v) is 4.83. The average Bonchev–Trinajstić information content (AvgIpc) is 2.99. The van der Waals surface area contributed by atoms with Crippen LogP contribution in [0, 0.1) is 5.92 Å². The van der Waals surface area contributed by atoms with Crippen LogP contribution >= 0.6 is 0 Å². The number of esters is 2. The second kappa shape index (κ2) is 32.6. The summed E-state index contributed by atoms with van der Waals surface area (Å²) >= 11 is 0. The quantitative estimate of drug-likeness (QED) is 0.0412. The number of ether oxygens (including phenoxy) is 2. The maximum Gasteiger partial charge on any atom is 0.306 e. The molecule has 8 nitrogen and oxygen atoms in total. The Morgan fingerprint density at radius 2 is 1.19 bits per heavy atom. The highest BCUT2D eigenvalue weighted by Gasteiger charge is 2.24. The molecule has 0 bridgehead atoms. The number of unbranched alkanes of at least 4 members (excludes halogenated alkanes) is 15. The second-order valence-electron chi connectivity index (χ2n) is 14.2. The van der Waals surface area contributed by atoms with Crippen molar-refractivity contribution in [2.75, 3.05) is 13.2 Å². The third-order valence-corrected chi connectivity index (χ3v) is 7.63. The number of allylic oxidation sites excluding steroid dienone is 1. The molecule has 278 valence electrons. The largest absolute Gasteiger partial charge is 0.463 e. The zero-order valence-corrected chi connectivity index (χ0v) is 31.6. The van der Waals surface area contributed by atoms with Gasteiger partial charge in [-0.3, -0.25) is 14.4 Å². The minimum Gasteiger partial charge on any atom is -0.463 e. The predicted octanol–water partition coefficient (Wildman–Crippen LogP) is 9.14. The summed E-state index contributed by atoms with van der Waals surface area (Å²) in [5.41, 5.74) is -0.814. The Morgan fingerprint density at radius 1 is 0.723 bits per heavy atom. The van der Waals surface area contributed by atoms with Gasteiger partial charge in [0.05, 0.1) is 25.0 Å². The summed E-state index contributed by atoms with van der Waals surface area (Å²) in [6.07, 6.45) is 23.0. The van der Waals surface area contributed by atoms with E-state index in [2.05, 4.69) is 39.9 Å². The Labute approximate surface area is 289 Å². The Kier molecular flexibility index (Phi) is 32.7. The maximum atomic E-state index is 12.6. The minimum absolute atomic E-state index is 0.107. The lowest BCUT2D eigenvalue weighted by molar-refractivity contribution is -0.160. The van der Waals surface area contributed by atoms with E-state index in [0.29, 0.717) is 12.8 Å². The summed E-state index contributed by atoms with van der Waals surface area (Å²) in [6.45, 7) is 14.0. The number of aliphatic hydroxyl groups excluding tert-OH is 2. The number of aliphatic hydroxyl groups is 2. The Morgan fingerprint density at radius 3 is 1.70 bits per heavy atom. The first kappa shape index (κ1) is 47.2. The van der Waals surface area contributed by atoms with Crippen LogP contribution in [0.3, 0.4) is 0 Å². The van der Waals surface area contributed by atoms with Gasteiger partial charge in [0.15, 0.2) is 0 Å². The van der Waals surface area contributed by atoms with Gasteiger partial charge in [-0.2, -0.15) is 0 Å². The molecule has 0 aliphatic heterocycles. The second-order valence-corrected chi connectivity index (χ2v) is 14.2. The smallest absolute Gasteiger partial charge is 0.306 e. The fraction of sp³-hybridized carbons (Fsp3) is 0.872. The summed E-state index contributed by atoms with van der Waals surface area (Å²) in [6, 6.07) is -0.767. The van der Waals surface area contributed by atoms with Crippen LogP contribution < -0.4 is 5.32 Å². The molecular weight excluding hydrogens is 594 g/mol. The van der Waals surface area contributed by atoms with Crippen molar-refractivity contribution in [3.05, 3.63) is 12.2 Å². The molecule has 3 N–H and O–H groups in total. The predicted molar refractivity (Wildman–Crippen MR) is 194 cm³/mol. The third kappa shape index (κ3) is 35.2. The summed E-state index contributed by atoms with van der Waals surface area (Å²) in [4.78, 5) is 37.0. The van der Waals surface area contributed by atoms with Crippen molar-refractivity contribution in [1.82, 2.24) is 5.32 Å². The molecule has 0 rings (SSSR count). The van der Waals surface area contributed by atoms with E-state index in [-0.39, 0.29) is 32.0 Å². The van der Waals surface area contributed by atoms with E-state index in [4.69, 9.17) is 14.6 Å². The number of carbonyl (C=O) groups excluding carboxylic acids is 3. The third-order valence-electron chi connectivity index (χ3n) is 7.63. The highest BCUT2D eigenvalue weighted by Crippen LogP contribution is 2.16. The van der Waals surface area contributed by atoms with Crippen LogP contribution in [0.15, 0.2) is 12.2 Å². The van der Waals surface area contributed by atoms with Crippen LogP contribution in [0.4, 0.5) is 0 Å². The van der Waals surface area contributed by atoms with Crippen molar-refractivity contribution >= 4 is 17.8 Å². The maximum absolute atomic E-state index is 12.6. The van der Waals surface area contributed by atoms with Gasteiger partial charge in [0, 0.05) is 19.4 Å². The molecule has 2 atom stereocenters. The first-order valence-electron chi connectivity index (χ1n) is 19.0. The molecule has 0 aromatic carbocycles. The number of hydrogen-bond acceptors (Lipinski definition) is 7. The zero-order valence-electron chi connectivity index (χ0n) is 31.6. The van der Waals surface area contributed by atoms with Crippen molar-refractivity contribution < 1.29 is 34.1 Å². The molecule has 2 unspecified atom stereocenters. The van der Waals surface area contributed by atoms with Gasteiger partial charge >= 0.3 is 11.9 Å². The monoisotopic (exact) mass is 670 g/mol. The molecule has 0 radical (unpaired) electrons. The molecule has 1 amide bonds. The number of rotatable bonds is 29. The number of hydrogen-bond donors (Lipinski definition) is 3. The van der Waals surface area contributed by atoms with E-state index in [1.807, 2.05) is 6.08 Å². The molecule has 0 aromatic rings. The summed E-state index contributed by atoms with van der Waals surface area (Å²) in [5.74, 6) is -0.494. The highest BCUT2D eigenvalue weighted by atomic mass is 16.6. The number of carbonyl (C=O) groups is 3. The van der Waals surface area contributed by atoms with Gasteiger partial charge in [-0.05, 0) is 39.0 Å². The fourth-order valence-electron chi connectivity index (χ4n) is 4.83. The van der Waals surface area contributed by atoms with Crippen molar-refractivity contribution in [3.8, 4) is 0 Å². The Bertz CT molecular complexity index is 779. The van der Waals surface area contributed by atoms with Gasteiger partial charge in [-0.1, -0.05) is 137 Å². The Balaban J connectivity index is 0. The first-order chi connectivity index (χ1) is 22.4. The molecule has 0 spiro atoms.